The third-order valence-corrected chi connectivity index (χ3v) is 3.01. The molecule has 0 saturated heterocycles. The Morgan fingerprint density at radius 1 is 1.28 bits per heavy atom. The number of nitrogens with one attached hydrogen (secondary N) is 2. The van der Waals surface area contributed by atoms with E-state index in [0.29, 0.717) is 17.1 Å². The van der Waals surface area contributed by atoms with Gasteiger partial charge in [0.25, 0.3) is 5.91 Å². The molecule has 4 heteroatoms. The van der Waals surface area contributed by atoms with Crippen molar-refractivity contribution in [2.24, 2.45) is 0 Å². The van der Waals surface area contributed by atoms with Crippen molar-refractivity contribution in [3.63, 3.8) is 0 Å². The molecule has 2 N–H and O–H groups in total. The quantitative estimate of drug-likeness (QED) is 0.877. The van der Waals surface area contributed by atoms with Crippen LogP contribution in [0.1, 0.15) is 27.3 Å². The van der Waals surface area contributed by atoms with Gasteiger partial charge in [-0.2, -0.15) is 0 Å². The molecule has 1 heterocycles. The SMILES string of the molecule is Cc1cc(C(=O)NCc2ccc(Cl)cc2)c(C)[nH]1. The minimum atomic E-state index is -0.0631. The Bertz CT molecular complexity index is 558. The van der Waals surface area contributed by atoms with E-state index >= 15 is 0 Å². The number of halogens is 1. The second-order valence-corrected chi connectivity index (χ2v) is 4.74. The zero-order chi connectivity index (χ0) is 13.1. The van der Waals surface area contributed by atoms with Crippen LogP contribution in [0.3, 0.4) is 0 Å². The van der Waals surface area contributed by atoms with Gasteiger partial charge in [-0.25, -0.2) is 0 Å². The van der Waals surface area contributed by atoms with Crippen LogP contribution < -0.4 is 5.32 Å². The molecular formula is C14H15ClN2O. The summed E-state index contributed by atoms with van der Waals surface area (Å²) in [5, 5.41) is 3.58. The first kappa shape index (κ1) is 12.7. The van der Waals surface area contributed by atoms with Crippen molar-refractivity contribution in [2.45, 2.75) is 20.4 Å². The predicted octanol–water partition coefficient (Wildman–Crippen LogP) is 3.21. The first-order chi connectivity index (χ1) is 8.56. The molecule has 0 atom stereocenters. The third-order valence-electron chi connectivity index (χ3n) is 2.76. The third kappa shape index (κ3) is 2.93. The lowest BCUT2D eigenvalue weighted by atomic mass is 10.2. The molecule has 2 aromatic rings. The number of carbonyl (C=O) groups excluding carboxylic acids is 1. The van der Waals surface area contributed by atoms with Crippen molar-refractivity contribution in [3.8, 4) is 0 Å². The van der Waals surface area contributed by atoms with Crippen LogP contribution >= 0.6 is 11.6 Å². The van der Waals surface area contributed by atoms with Crippen LogP contribution in [0.15, 0.2) is 30.3 Å². The first-order valence-electron chi connectivity index (χ1n) is 5.75. The maximum absolute atomic E-state index is 12.0. The largest absolute Gasteiger partial charge is 0.362 e. The van der Waals surface area contributed by atoms with Crippen molar-refractivity contribution >= 4 is 17.5 Å². The van der Waals surface area contributed by atoms with Gasteiger partial charge >= 0.3 is 0 Å². The normalized spacial score (nSPS) is 10.4. The first-order valence-corrected chi connectivity index (χ1v) is 6.13. The van der Waals surface area contributed by atoms with Crippen LogP contribution in [0.4, 0.5) is 0 Å². The highest BCUT2D eigenvalue weighted by molar-refractivity contribution is 6.30. The average molecular weight is 263 g/mol. The molecule has 0 aliphatic carbocycles. The molecule has 0 aliphatic heterocycles. The summed E-state index contributed by atoms with van der Waals surface area (Å²) in [4.78, 5) is 15.1. The van der Waals surface area contributed by atoms with E-state index in [1.807, 2.05) is 44.2 Å². The van der Waals surface area contributed by atoms with Crippen LogP contribution in [0.5, 0.6) is 0 Å². The number of amides is 1. The van der Waals surface area contributed by atoms with Crippen molar-refractivity contribution in [2.75, 3.05) is 0 Å². The van der Waals surface area contributed by atoms with Gasteiger partial charge in [-0.1, -0.05) is 23.7 Å². The maximum atomic E-state index is 12.0. The molecule has 2 rings (SSSR count). The Morgan fingerprint density at radius 3 is 2.50 bits per heavy atom. The van der Waals surface area contributed by atoms with Gasteiger partial charge in [-0.05, 0) is 37.6 Å². The molecule has 0 aliphatic rings. The van der Waals surface area contributed by atoms with Gasteiger partial charge in [-0.15, -0.1) is 0 Å². The molecular weight excluding hydrogens is 248 g/mol. The Labute approximate surface area is 111 Å². The summed E-state index contributed by atoms with van der Waals surface area (Å²) in [6.07, 6.45) is 0. The molecule has 0 spiro atoms. The van der Waals surface area contributed by atoms with Crippen molar-refractivity contribution in [1.82, 2.24) is 10.3 Å². The fourth-order valence-electron chi connectivity index (χ4n) is 1.84. The van der Waals surface area contributed by atoms with Gasteiger partial charge in [0.1, 0.15) is 0 Å². The lowest BCUT2D eigenvalue weighted by Crippen LogP contribution is -2.23. The van der Waals surface area contributed by atoms with Gasteiger partial charge in [0.15, 0.2) is 0 Å². The zero-order valence-corrected chi connectivity index (χ0v) is 11.1. The number of H-pyrrole nitrogens is 1. The van der Waals surface area contributed by atoms with E-state index in [1.54, 1.807) is 0 Å². The fourth-order valence-corrected chi connectivity index (χ4v) is 1.97. The summed E-state index contributed by atoms with van der Waals surface area (Å²) in [6.45, 7) is 4.33. The van der Waals surface area contributed by atoms with Crippen molar-refractivity contribution in [1.29, 1.82) is 0 Å². The Balaban J connectivity index is 2.00. The van der Waals surface area contributed by atoms with E-state index in [4.69, 9.17) is 11.6 Å². The summed E-state index contributed by atoms with van der Waals surface area (Å²) >= 11 is 5.80. The number of benzene rings is 1. The van der Waals surface area contributed by atoms with E-state index in [0.717, 1.165) is 17.0 Å². The van der Waals surface area contributed by atoms with Gasteiger partial charge in [0.2, 0.25) is 0 Å². The van der Waals surface area contributed by atoms with Crippen LogP contribution in [0.2, 0.25) is 5.02 Å². The molecule has 94 valence electrons. The van der Waals surface area contributed by atoms with Gasteiger partial charge in [-0.3, -0.25) is 4.79 Å². The maximum Gasteiger partial charge on any atom is 0.253 e. The molecule has 0 unspecified atom stereocenters. The van der Waals surface area contributed by atoms with Gasteiger partial charge in [0, 0.05) is 23.0 Å². The van der Waals surface area contributed by atoms with Crippen LogP contribution in [-0.4, -0.2) is 10.9 Å². The lowest BCUT2D eigenvalue weighted by molar-refractivity contribution is 0.0950. The Morgan fingerprint density at radius 2 is 1.94 bits per heavy atom. The highest BCUT2D eigenvalue weighted by Crippen LogP contribution is 2.11. The van der Waals surface area contributed by atoms with E-state index in [9.17, 15) is 4.79 Å². The monoisotopic (exact) mass is 262 g/mol. The van der Waals surface area contributed by atoms with E-state index in [-0.39, 0.29) is 5.91 Å². The smallest absolute Gasteiger partial charge is 0.253 e. The number of hydrogen-bond acceptors (Lipinski definition) is 1. The summed E-state index contributed by atoms with van der Waals surface area (Å²) in [7, 11) is 0. The van der Waals surface area contributed by atoms with E-state index < -0.39 is 0 Å². The summed E-state index contributed by atoms with van der Waals surface area (Å²) in [5.74, 6) is -0.0631. The standard InChI is InChI=1S/C14H15ClN2O/c1-9-7-13(10(2)17-9)14(18)16-8-11-3-5-12(15)6-4-11/h3-7,17H,8H2,1-2H3,(H,16,18). The number of aromatic amines is 1. The molecule has 3 nitrogen and oxygen atoms in total. The lowest BCUT2D eigenvalue weighted by Gasteiger charge is -2.05. The van der Waals surface area contributed by atoms with E-state index in [1.165, 1.54) is 0 Å². The number of aryl methyl sites for hydroxylation is 2. The van der Waals surface area contributed by atoms with Crippen LogP contribution in [0.25, 0.3) is 0 Å². The number of aromatic nitrogens is 1. The van der Waals surface area contributed by atoms with Crippen molar-refractivity contribution in [3.05, 3.63) is 57.9 Å². The minimum absolute atomic E-state index is 0.0631. The number of carbonyl (C=O) groups is 1. The number of rotatable bonds is 3. The molecule has 0 radical (unpaired) electrons. The summed E-state index contributed by atoms with van der Waals surface area (Å²) in [5.41, 5.74) is 3.60. The minimum Gasteiger partial charge on any atom is -0.362 e. The van der Waals surface area contributed by atoms with E-state index in [2.05, 4.69) is 10.3 Å². The topological polar surface area (TPSA) is 44.9 Å². The predicted molar refractivity (Wildman–Crippen MR) is 72.9 cm³/mol. The summed E-state index contributed by atoms with van der Waals surface area (Å²) < 4.78 is 0. The van der Waals surface area contributed by atoms with Crippen LogP contribution in [-0.2, 0) is 6.54 Å². The molecule has 18 heavy (non-hydrogen) atoms. The Hall–Kier alpha value is -1.74. The zero-order valence-electron chi connectivity index (χ0n) is 10.4. The molecule has 0 saturated carbocycles. The molecule has 0 fully saturated rings. The highest BCUT2D eigenvalue weighted by atomic mass is 35.5. The molecule has 1 aromatic heterocycles. The number of hydrogen-bond donors (Lipinski definition) is 2. The second-order valence-electron chi connectivity index (χ2n) is 4.30. The fraction of sp³-hybridized carbons (Fsp3) is 0.214. The second kappa shape index (κ2) is 5.27. The van der Waals surface area contributed by atoms with Gasteiger partial charge in [0.05, 0.1) is 5.56 Å². The molecule has 1 amide bonds. The molecule has 1 aromatic carbocycles. The highest BCUT2D eigenvalue weighted by Gasteiger charge is 2.10. The summed E-state index contributed by atoms with van der Waals surface area (Å²) in [6, 6.07) is 9.28. The average Bonchev–Trinajstić information content (AvgIpc) is 2.67. The van der Waals surface area contributed by atoms with Crippen molar-refractivity contribution < 1.29 is 4.79 Å². The molecule has 0 bridgehead atoms. The van der Waals surface area contributed by atoms with Gasteiger partial charge < -0.3 is 10.3 Å². The Kier molecular flexibility index (Phi) is 3.72. The van der Waals surface area contributed by atoms with Crippen LogP contribution in [0, 0.1) is 13.8 Å².